The highest BCUT2D eigenvalue weighted by molar-refractivity contribution is 6.31. The summed E-state index contributed by atoms with van der Waals surface area (Å²) in [6.07, 6.45) is 1.52. The Morgan fingerprint density at radius 2 is 1.95 bits per heavy atom. The van der Waals surface area contributed by atoms with Crippen LogP contribution in [0.2, 0.25) is 5.02 Å². The zero-order valence-electron chi connectivity index (χ0n) is 22.4. The van der Waals surface area contributed by atoms with E-state index in [1.807, 2.05) is 6.07 Å². The third kappa shape index (κ3) is 4.97. The number of aromatic amines is 1. The van der Waals surface area contributed by atoms with Gasteiger partial charge in [-0.25, -0.2) is 9.37 Å². The summed E-state index contributed by atoms with van der Waals surface area (Å²) >= 11 is 6.61. The number of hydrogen-bond donors (Lipinski definition) is 3. The summed E-state index contributed by atoms with van der Waals surface area (Å²) in [6.45, 7) is 1.78. The molecule has 0 bridgehead atoms. The van der Waals surface area contributed by atoms with E-state index in [0.717, 1.165) is 24.8 Å². The molecule has 4 aliphatic rings. The fourth-order valence-corrected chi connectivity index (χ4v) is 6.92. The van der Waals surface area contributed by atoms with Gasteiger partial charge in [-0.1, -0.05) is 11.6 Å². The Kier molecular flexibility index (Phi) is 7.11. The van der Waals surface area contributed by atoms with Gasteiger partial charge in [-0.05, 0) is 73.3 Å². The van der Waals surface area contributed by atoms with E-state index in [9.17, 15) is 15.0 Å². The average Bonchev–Trinajstić information content (AvgIpc) is 3.75. The zero-order chi connectivity index (χ0) is 28.2. The number of pyridine rings is 1. The van der Waals surface area contributed by atoms with Gasteiger partial charge in [0.1, 0.15) is 24.1 Å². The standard InChI is InChI=1S/C29H32ClFN4O6/c30-18-10-21-27(34-29(33-21)41-23-13-40-25-22(37)12-39-26(23)25)32-20(18)9-16-2-1-15-7-17(8-19(31)24(15)16)28(38)35-5-3-14(11-36)4-6-35/h7-8,10,14,16,22-23,25-26,36-37H,1-6,9,11-13H2,(H,32,33,34)/t16?,22-,23-,25-,26-/m1/s1. The highest BCUT2D eigenvalue weighted by Gasteiger charge is 2.48. The lowest BCUT2D eigenvalue weighted by Crippen LogP contribution is -2.39. The van der Waals surface area contributed by atoms with Gasteiger partial charge in [0.05, 0.1) is 29.4 Å². The Morgan fingerprint density at radius 1 is 1.15 bits per heavy atom. The third-order valence-corrected chi connectivity index (χ3v) is 9.28. The van der Waals surface area contributed by atoms with E-state index in [1.165, 1.54) is 6.07 Å². The number of amides is 1. The first-order valence-corrected chi connectivity index (χ1v) is 14.6. The van der Waals surface area contributed by atoms with Crippen molar-refractivity contribution in [2.24, 2.45) is 5.92 Å². The molecule has 3 N–H and O–H groups in total. The molecule has 1 aromatic carbocycles. The van der Waals surface area contributed by atoms with E-state index in [4.69, 9.17) is 25.8 Å². The summed E-state index contributed by atoms with van der Waals surface area (Å²) in [4.78, 5) is 27.1. The molecule has 10 nitrogen and oxygen atoms in total. The number of nitrogens with one attached hydrogen (secondary N) is 1. The predicted octanol–water partition coefficient (Wildman–Crippen LogP) is 2.77. The van der Waals surface area contributed by atoms with Crippen LogP contribution in [0.15, 0.2) is 18.2 Å². The number of carbonyl (C=O) groups excluding carboxylic acids is 1. The number of fused-ring (bicyclic) bond motifs is 3. The molecule has 218 valence electrons. The molecule has 5 heterocycles. The van der Waals surface area contributed by atoms with E-state index in [1.54, 1.807) is 11.0 Å². The molecular formula is C29H32ClFN4O6. The van der Waals surface area contributed by atoms with Gasteiger partial charge in [-0.2, -0.15) is 4.98 Å². The van der Waals surface area contributed by atoms with Gasteiger partial charge in [0.2, 0.25) is 0 Å². The Bertz CT molecular complexity index is 1480. The Balaban J connectivity index is 1.06. The lowest BCUT2D eigenvalue weighted by Gasteiger charge is -2.31. The molecule has 3 saturated heterocycles. The van der Waals surface area contributed by atoms with Crippen molar-refractivity contribution < 1.29 is 33.6 Å². The maximum Gasteiger partial charge on any atom is 0.296 e. The maximum absolute atomic E-state index is 15.5. The molecule has 2 aromatic heterocycles. The fraction of sp³-hybridized carbons (Fsp3) is 0.552. The molecule has 3 aromatic rings. The summed E-state index contributed by atoms with van der Waals surface area (Å²) in [5, 5.41) is 19.8. The minimum atomic E-state index is -0.667. The summed E-state index contributed by atoms with van der Waals surface area (Å²) in [7, 11) is 0. The first-order chi connectivity index (χ1) is 19.9. The molecule has 0 radical (unpaired) electrons. The smallest absolute Gasteiger partial charge is 0.296 e. The normalized spacial score (nSPS) is 27.9. The highest BCUT2D eigenvalue weighted by atomic mass is 35.5. The van der Waals surface area contributed by atoms with Crippen LogP contribution in [0.25, 0.3) is 11.2 Å². The number of piperidine rings is 1. The number of benzene rings is 1. The number of nitrogens with zero attached hydrogens (tertiary/aromatic N) is 3. The number of halogens is 2. The van der Waals surface area contributed by atoms with Crippen LogP contribution in [0.4, 0.5) is 4.39 Å². The van der Waals surface area contributed by atoms with Gasteiger partial charge in [-0.15, -0.1) is 0 Å². The number of aliphatic hydroxyl groups excluding tert-OH is 2. The van der Waals surface area contributed by atoms with Crippen LogP contribution >= 0.6 is 11.6 Å². The second-order valence-electron chi connectivity index (χ2n) is 11.5. The monoisotopic (exact) mass is 586 g/mol. The molecule has 5 atom stereocenters. The summed E-state index contributed by atoms with van der Waals surface area (Å²) < 4.78 is 32.7. The van der Waals surface area contributed by atoms with Gasteiger partial charge in [0.15, 0.2) is 11.8 Å². The average molecular weight is 587 g/mol. The van der Waals surface area contributed by atoms with Crippen molar-refractivity contribution in [3.8, 4) is 6.01 Å². The number of ether oxygens (including phenoxy) is 3. The Labute approximate surface area is 240 Å². The second kappa shape index (κ2) is 10.8. The number of aliphatic hydroxyl groups is 2. The van der Waals surface area contributed by atoms with Crippen molar-refractivity contribution in [2.45, 2.75) is 62.4 Å². The first kappa shape index (κ1) is 27.0. The highest BCUT2D eigenvalue weighted by Crippen LogP contribution is 2.39. The lowest BCUT2D eigenvalue weighted by atomic mass is 9.93. The molecule has 0 saturated carbocycles. The minimum Gasteiger partial charge on any atom is -0.456 e. The number of hydrogen-bond acceptors (Lipinski definition) is 8. The van der Waals surface area contributed by atoms with Crippen molar-refractivity contribution in [2.75, 3.05) is 32.9 Å². The molecule has 3 fully saturated rings. The quantitative estimate of drug-likeness (QED) is 0.402. The Hall–Kier alpha value is -2.83. The number of likely N-dealkylation sites (tertiary alicyclic amines) is 1. The van der Waals surface area contributed by atoms with E-state index in [2.05, 4.69) is 15.0 Å². The van der Waals surface area contributed by atoms with E-state index < -0.39 is 18.3 Å². The van der Waals surface area contributed by atoms with Crippen molar-refractivity contribution >= 4 is 28.7 Å². The molecule has 41 heavy (non-hydrogen) atoms. The van der Waals surface area contributed by atoms with Gasteiger partial charge in [0, 0.05) is 25.3 Å². The molecular weight excluding hydrogens is 555 g/mol. The topological polar surface area (TPSA) is 130 Å². The van der Waals surface area contributed by atoms with E-state index >= 15 is 4.39 Å². The zero-order valence-corrected chi connectivity index (χ0v) is 23.1. The summed E-state index contributed by atoms with van der Waals surface area (Å²) in [6, 6.07) is 5.20. The molecule has 7 rings (SSSR count). The molecule has 1 unspecified atom stereocenters. The van der Waals surface area contributed by atoms with Gasteiger partial charge < -0.3 is 34.3 Å². The first-order valence-electron chi connectivity index (χ1n) is 14.2. The molecule has 12 heteroatoms. The predicted molar refractivity (Wildman–Crippen MR) is 146 cm³/mol. The van der Waals surface area contributed by atoms with Gasteiger partial charge in [0.25, 0.3) is 11.9 Å². The SMILES string of the molecule is O=C(c1cc(F)c2c(c1)CCC2Cc1nc2nc(O[C@@H]3CO[C@H]4[C@@H]3OC[C@H]4O)[nH]c2cc1Cl)N1CCC(CO)CC1. The van der Waals surface area contributed by atoms with Crippen LogP contribution in [0.3, 0.4) is 0 Å². The summed E-state index contributed by atoms with van der Waals surface area (Å²) in [5.41, 5.74) is 3.52. The van der Waals surface area contributed by atoms with Crippen LogP contribution in [0, 0.1) is 11.7 Å². The number of rotatable bonds is 6. The number of aromatic nitrogens is 3. The van der Waals surface area contributed by atoms with E-state index in [-0.39, 0.29) is 55.5 Å². The number of imidazole rings is 1. The van der Waals surface area contributed by atoms with Gasteiger partial charge >= 0.3 is 0 Å². The Morgan fingerprint density at radius 3 is 2.76 bits per heavy atom. The summed E-state index contributed by atoms with van der Waals surface area (Å²) in [5.74, 6) is -0.427. The lowest BCUT2D eigenvalue weighted by molar-refractivity contribution is 0.00706. The fourth-order valence-electron chi connectivity index (χ4n) is 6.70. The number of carbonyl (C=O) groups is 1. The van der Waals surface area contributed by atoms with Crippen molar-refractivity contribution in [3.05, 3.63) is 51.4 Å². The van der Waals surface area contributed by atoms with Crippen molar-refractivity contribution in [3.63, 3.8) is 0 Å². The third-order valence-electron chi connectivity index (χ3n) is 8.95. The number of aryl methyl sites for hydroxylation is 1. The van der Waals surface area contributed by atoms with Crippen LogP contribution in [0.5, 0.6) is 6.01 Å². The van der Waals surface area contributed by atoms with Crippen LogP contribution in [-0.2, 0) is 22.3 Å². The van der Waals surface area contributed by atoms with Gasteiger partial charge in [-0.3, -0.25) is 4.79 Å². The molecule has 1 aliphatic carbocycles. The van der Waals surface area contributed by atoms with Crippen LogP contribution in [-0.4, -0.2) is 93.3 Å². The van der Waals surface area contributed by atoms with E-state index in [0.29, 0.717) is 58.9 Å². The van der Waals surface area contributed by atoms with Crippen LogP contribution < -0.4 is 4.74 Å². The van der Waals surface area contributed by atoms with Crippen LogP contribution in [0.1, 0.15) is 52.4 Å². The largest absolute Gasteiger partial charge is 0.456 e. The van der Waals surface area contributed by atoms with Crippen molar-refractivity contribution in [1.82, 2.24) is 19.9 Å². The molecule has 3 aliphatic heterocycles. The maximum atomic E-state index is 15.5. The molecule has 1 amide bonds. The van der Waals surface area contributed by atoms with Crippen molar-refractivity contribution in [1.29, 1.82) is 0 Å². The minimum absolute atomic E-state index is 0.120. The second-order valence-corrected chi connectivity index (χ2v) is 11.9. The number of H-pyrrole nitrogens is 1. The molecule has 0 spiro atoms.